The van der Waals surface area contributed by atoms with Crippen LogP contribution < -0.4 is 0 Å². The Balaban J connectivity index is 5.24. The number of hydrogen-bond acceptors (Lipinski definition) is 15. The molecule has 0 aromatic carbocycles. The van der Waals surface area contributed by atoms with Crippen molar-refractivity contribution in [1.82, 2.24) is 0 Å². The van der Waals surface area contributed by atoms with Crippen molar-refractivity contribution in [3.8, 4) is 0 Å². The van der Waals surface area contributed by atoms with Gasteiger partial charge < -0.3 is 33.8 Å². The first-order valence-corrected chi connectivity index (χ1v) is 37.4. The van der Waals surface area contributed by atoms with Gasteiger partial charge in [0, 0.05) is 25.7 Å². The highest BCUT2D eigenvalue weighted by Gasteiger charge is 2.30. The van der Waals surface area contributed by atoms with Gasteiger partial charge in [0.2, 0.25) is 0 Å². The number of phosphoric ester groups is 2. The molecule has 85 heavy (non-hydrogen) atoms. The quantitative estimate of drug-likeness (QED) is 0.0222. The molecule has 19 heteroatoms. The predicted molar refractivity (Wildman–Crippen MR) is 340 cm³/mol. The summed E-state index contributed by atoms with van der Waals surface area (Å²) in [6.45, 7) is 11.6. The number of rotatable bonds is 64. The molecule has 3 N–H and O–H groups in total. The zero-order chi connectivity index (χ0) is 63.1. The van der Waals surface area contributed by atoms with Gasteiger partial charge in [-0.25, -0.2) is 9.13 Å². The van der Waals surface area contributed by atoms with E-state index in [1.807, 2.05) is 0 Å². The van der Waals surface area contributed by atoms with Gasteiger partial charge in [0.25, 0.3) is 0 Å². The van der Waals surface area contributed by atoms with Gasteiger partial charge in [-0.05, 0) is 43.4 Å². The number of phosphoric acid groups is 2. The van der Waals surface area contributed by atoms with Gasteiger partial charge in [-0.1, -0.05) is 273 Å². The van der Waals surface area contributed by atoms with E-state index in [0.717, 1.165) is 102 Å². The Kier molecular flexibility index (Phi) is 55.9. The van der Waals surface area contributed by atoms with Gasteiger partial charge in [0.15, 0.2) is 12.2 Å². The summed E-state index contributed by atoms with van der Waals surface area (Å²) in [5.41, 5.74) is 0. The molecular formula is C66H128O17P2. The predicted octanol–water partition coefficient (Wildman–Crippen LogP) is 18.3. The van der Waals surface area contributed by atoms with Crippen LogP contribution in [-0.4, -0.2) is 96.7 Å². The summed E-state index contributed by atoms with van der Waals surface area (Å²) in [6, 6.07) is 0. The lowest BCUT2D eigenvalue weighted by molar-refractivity contribution is -0.161. The summed E-state index contributed by atoms with van der Waals surface area (Å²) in [5.74, 6) is -0.0114. The van der Waals surface area contributed by atoms with Crippen molar-refractivity contribution in [3.05, 3.63) is 0 Å². The molecule has 0 aromatic rings. The standard InChI is InChI=1S/C66H128O17P2/c1-8-10-11-12-13-14-15-16-17-18-19-20-25-35-42-49-65(70)82-61(53-76-63(68)47-40-33-24-22-21-23-32-39-46-59(7)9-2)55-80-84(72,73)78-51-60(67)52-79-85(74,75)81-56-62(83-66(71)50-43-36-29-27-31-38-45-58(5)6)54-77-64(69)48-41-34-28-26-30-37-44-57(3)4/h57-62,67H,8-56H2,1-7H3,(H,72,73)(H,74,75)/t59?,60-,61-,62-/m1/s1. The highest BCUT2D eigenvalue weighted by atomic mass is 31.2. The number of aliphatic hydroxyl groups excluding tert-OH is 1. The van der Waals surface area contributed by atoms with Crippen LogP contribution in [-0.2, 0) is 65.4 Å². The molecular weight excluding hydrogens is 1130 g/mol. The topological polar surface area (TPSA) is 237 Å². The Morgan fingerprint density at radius 3 is 0.894 bits per heavy atom. The molecule has 0 aliphatic rings. The van der Waals surface area contributed by atoms with Gasteiger partial charge in [-0.2, -0.15) is 0 Å². The largest absolute Gasteiger partial charge is 0.472 e. The first kappa shape index (κ1) is 83.1. The smallest absolute Gasteiger partial charge is 0.462 e. The van der Waals surface area contributed by atoms with Gasteiger partial charge >= 0.3 is 39.5 Å². The zero-order valence-electron chi connectivity index (χ0n) is 55.1. The van der Waals surface area contributed by atoms with E-state index >= 15 is 0 Å². The fourth-order valence-corrected chi connectivity index (χ4v) is 11.4. The van der Waals surface area contributed by atoms with Gasteiger partial charge in [-0.3, -0.25) is 37.3 Å². The minimum absolute atomic E-state index is 0.101. The van der Waals surface area contributed by atoms with Crippen LogP contribution in [0.4, 0.5) is 0 Å². The Morgan fingerprint density at radius 2 is 0.600 bits per heavy atom. The summed E-state index contributed by atoms with van der Waals surface area (Å²) < 4.78 is 68.0. The normalized spacial score (nSPS) is 14.6. The molecule has 0 saturated heterocycles. The SMILES string of the molecule is CCCCCCCCCCCCCCCCCC(=O)O[C@H](COC(=O)CCCCCCCCCCC(C)CC)COP(=O)(O)OC[C@@H](O)COP(=O)(O)OC[C@@H](COC(=O)CCCCCCCCC(C)C)OC(=O)CCCCCCCCC(C)C. The molecule has 0 fully saturated rings. The molecule has 504 valence electrons. The minimum Gasteiger partial charge on any atom is -0.462 e. The first-order valence-electron chi connectivity index (χ1n) is 34.4. The van der Waals surface area contributed by atoms with Crippen LogP contribution in [0.25, 0.3) is 0 Å². The molecule has 0 bridgehead atoms. The van der Waals surface area contributed by atoms with Crippen molar-refractivity contribution in [2.75, 3.05) is 39.6 Å². The van der Waals surface area contributed by atoms with Crippen LogP contribution in [0, 0.1) is 17.8 Å². The fourth-order valence-electron chi connectivity index (χ4n) is 9.80. The molecule has 17 nitrogen and oxygen atoms in total. The maximum Gasteiger partial charge on any atom is 0.472 e. The van der Waals surface area contributed by atoms with Crippen LogP contribution in [0.5, 0.6) is 0 Å². The third kappa shape index (κ3) is 59.5. The highest BCUT2D eigenvalue weighted by Crippen LogP contribution is 2.45. The van der Waals surface area contributed by atoms with E-state index < -0.39 is 97.5 Å². The van der Waals surface area contributed by atoms with Crippen molar-refractivity contribution in [2.45, 2.75) is 343 Å². The molecule has 0 rings (SSSR count). The number of carbonyl (C=O) groups excluding carboxylic acids is 4. The molecule has 0 heterocycles. The Hall–Kier alpha value is -1.94. The van der Waals surface area contributed by atoms with Gasteiger partial charge in [0.05, 0.1) is 26.4 Å². The van der Waals surface area contributed by atoms with Crippen molar-refractivity contribution >= 4 is 39.5 Å². The van der Waals surface area contributed by atoms with Gasteiger partial charge in [-0.15, -0.1) is 0 Å². The minimum atomic E-state index is -4.95. The van der Waals surface area contributed by atoms with E-state index in [0.29, 0.717) is 37.5 Å². The molecule has 0 aromatic heterocycles. The average Bonchev–Trinajstić information content (AvgIpc) is 3.63. The monoisotopic (exact) mass is 1250 g/mol. The highest BCUT2D eigenvalue weighted by molar-refractivity contribution is 7.47. The van der Waals surface area contributed by atoms with Crippen molar-refractivity contribution < 1.29 is 80.2 Å². The lowest BCUT2D eigenvalue weighted by atomic mass is 9.99. The third-order valence-corrected chi connectivity index (χ3v) is 17.4. The number of aliphatic hydroxyl groups is 1. The number of unbranched alkanes of at least 4 members (excludes halogenated alkanes) is 31. The molecule has 0 saturated carbocycles. The molecule has 0 radical (unpaired) electrons. The van der Waals surface area contributed by atoms with Crippen LogP contribution >= 0.6 is 15.6 Å². The number of hydrogen-bond donors (Lipinski definition) is 3. The zero-order valence-corrected chi connectivity index (χ0v) is 56.9. The molecule has 0 aliphatic carbocycles. The van der Waals surface area contributed by atoms with Crippen LogP contribution in [0.1, 0.15) is 325 Å². The van der Waals surface area contributed by atoms with E-state index in [1.54, 1.807) is 0 Å². The number of esters is 4. The van der Waals surface area contributed by atoms with Crippen LogP contribution in [0.2, 0.25) is 0 Å². The maximum absolute atomic E-state index is 13.0. The van der Waals surface area contributed by atoms with E-state index in [-0.39, 0.29) is 25.7 Å². The Morgan fingerprint density at radius 1 is 0.341 bits per heavy atom. The molecule has 0 amide bonds. The second-order valence-electron chi connectivity index (χ2n) is 25.1. The lowest BCUT2D eigenvalue weighted by Gasteiger charge is -2.21. The average molecular weight is 1260 g/mol. The molecule has 0 spiro atoms. The second kappa shape index (κ2) is 57.2. The van der Waals surface area contributed by atoms with Gasteiger partial charge in [0.1, 0.15) is 19.3 Å². The van der Waals surface area contributed by atoms with Crippen molar-refractivity contribution in [2.24, 2.45) is 17.8 Å². The Labute approximate surface area is 517 Å². The molecule has 3 unspecified atom stereocenters. The summed E-state index contributed by atoms with van der Waals surface area (Å²) in [5, 5.41) is 10.5. The lowest BCUT2D eigenvalue weighted by Crippen LogP contribution is -2.30. The van der Waals surface area contributed by atoms with Crippen LogP contribution in [0.3, 0.4) is 0 Å². The fraction of sp³-hybridized carbons (Fsp3) is 0.939. The third-order valence-electron chi connectivity index (χ3n) is 15.5. The van der Waals surface area contributed by atoms with E-state index in [4.69, 9.17) is 37.0 Å². The number of carbonyl (C=O) groups is 4. The molecule has 0 aliphatic heterocycles. The summed E-state index contributed by atoms with van der Waals surface area (Å²) in [7, 11) is -9.89. The van der Waals surface area contributed by atoms with E-state index in [1.165, 1.54) is 128 Å². The number of ether oxygens (including phenoxy) is 4. The second-order valence-corrected chi connectivity index (χ2v) is 28.0. The summed E-state index contributed by atoms with van der Waals surface area (Å²) in [4.78, 5) is 72.3. The summed E-state index contributed by atoms with van der Waals surface area (Å²) >= 11 is 0. The van der Waals surface area contributed by atoms with Crippen molar-refractivity contribution in [3.63, 3.8) is 0 Å². The van der Waals surface area contributed by atoms with E-state index in [2.05, 4.69) is 48.5 Å². The summed E-state index contributed by atoms with van der Waals surface area (Å²) in [6.07, 6.45) is 39.2. The van der Waals surface area contributed by atoms with E-state index in [9.17, 15) is 43.2 Å². The Bertz CT molecular complexity index is 1680. The molecule has 6 atom stereocenters. The maximum atomic E-state index is 13.0. The first-order chi connectivity index (χ1) is 40.8. The van der Waals surface area contributed by atoms with Crippen LogP contribution in [0.15, 0.2) is 0 Å². The van der Waals surface area contributed by atoms with Crippen molar-refractivity contribution in [1.29, 1.82) is 0 Å².